The molecule has 0 saturated carbocycles. The lowest BCUT2D eigenvalue weighted by atomic mass is 9.93. The van der Waals surface area contributed by atoms with Crippen LogP contribution in [0, 0.1) is 11.7 Å². The molecule has 0 spiro atoms. The molecule has 2 aromatic rings. The van der Waals surface area contributed by atoms with E-state index in [1.165, 1.54) is 6.07 Å². The van der Waals surface area contributed by atoms with Crippen molar-refractivity contribution in [1.29, 1.82) is 0 Å². The Labute approximate surface area is 153 Å². The summed E-state index contributed by atoms with van der Waals surface area (Å²) in [5.41, 5.74) is 1.63. The predicted molar refractivity (Wildman–Crippen MR) is 98.3 cm³/mol. The standard InChI is InChI=1S/C21H23FN2O2/c22-19-9-5-4-6-16(19)12-23-11-10-20-17(13-23)14-24(21(25)15-26-20)18-7-2-1-3-8-18/h1-9,17,20H,10-15H2/t17-,20+/m1/s1. The van der Waals surface area contributed by atoms with Crippen LogP contribution < -0.4 is 4.90 Å². The van der Waals surface area contributed by atoms with Crippen LogP contribution in [0.25, 0.3) is 0 Å². The molecule has 4 nitrogen and oxygen atoms in total. The van der Waals surface area contributed by atoms with Crippen molar-refractivity contribution in [1.82, 2.24) is 4.90 Å². The van der Waals surface area contributed by atoms with Crippen LogP contribution in [0.2, 0.25) is 0 Å². The zero-order chi connectivity index (χ0) is 17.9. The first-order valence-electron chi connectivity index (χ1n) is 9.13. The van der Waals surface area contributed by atoms with Gasteiger partial charge in [-0.3, -0.25) is 9.69 Å². The summed E-state index contributed by atoms with van der Waals surface area (Å²) < 4.78 is 19.9. The number of ether oxygens (including phenoxy) is 1. The number of hydrogen-bond acceptors (Lipinski definition) is 3. The fourth-order valence-electron chi connectivity index (χ4n) is 3.94. The van der Waals surface area contributed by atoms with Crippen LogP contribution in [-0.4, -0.2) is 43.2 Å². The van der Waals surface area contributed by atoms with E-state index in [0.717, 1.165) is 30.8 Å². The summed E-state index contributed by atoms with van der Waals surface area (Å²) >= 11 is 0. The number of nitrogens with zero attached hydrogens (tertiary/aromatic N) is 2. The van der Waals surface area contributed by atoms with Gasteiger partial charge in [0.25, 0.3) is 5.91 Å². The molecule has 2 heterocycles. The normalized spacial score (nSPS) is 24.2. The molecule has 136 valence electrons. The summed E-state index contributed by atoms with van der Waals surface area (Å²) in [7, 11) is 0. The number of para-hydroxylation sites is 1. The summed E-state index contributed by atoms with van der Waals surface area (Å²) in [5, 5.41) is 0. The molecule has 0 aromatic heterocycles. The molecule has 1 amide bonds. The highest BCUT2D eigenvalue weighted by atomic mass is 19.1. The van der Waals surface area contributed by atoms with E-state index in [4.69, 9.17) is 4.74 Å². The number of piperidine rings is 1. The first-order chi connectivity index (χ1) is 12.7. The van der Waals surface area contributed by atoms with Gasteiger partial charge in [0.1, 0.15) is 12.4 Å². The second-order valence-corrected chi connectivity index (χ2v) is 7.06. The van der Waals surface area contributed by atoms with Crippen molar-refractivity contribution in [3.63, 3.8) is 0 Å². The van der Waals surface area contributed by atoms with E-state index < -0.39 is 0 Å². The Morgan fingerprint density at radius 3 is 2.62 bits per heavy atom. The number of hydrogen-bond donors (Lipinski definition) is 0. The molecule has 2 fully saturated rings. The minimum atomic E-state index is -0.159. The van der Waals surface area contributed by atoms with E-state index in [9.17, 15) is 9.18 Å². The van der Waals surface area contributed by atoms with Crippen molar-refractivity contribution in [3.05, 3.63) is 66.0 Å². The summed E-state index contributed by atoms with van der Waals surface area (Å²) in [4.78, 5) is 16.6. The topological polar surface area (TPSA) is 32.8 Å². The number of fused-ring (bicyclic) bond motifs is 1. The Morgan fingerprint density at radius 2 is 1.81 bits per heavy atom. The minimum Gasteiger partial charge on any atom is -0.368 e. The van der Waals surface area contributed by atoms with Crippen LogP contribution in [-0.2, 0) is 16.1 Å². The molecule has 0 bridgehead atoms. The Hall–Kier alpha value is -2.24. The summed E-state index contributed by atoms with van der Waals surface area (Å²) in [6.07, 6.45) is 0.958. The number of likely N-dealkylation sites (tertiary alicyclic amines) is 1. The minimum absolute atomic E-state index is 0.00579. The van der Waals surface area contributed by atoms with Crippen LogP contribution in [0.1, 0.15) is 12.0 Å². The highest BCUT2D eigenvalue weighted by Crippen LogP contribution is 2.28. The molecule has 2 aliphatic rings. The summed E-state index contributed by atoms with van der Waals surface area (Å²) in [6, 6.07) is 16.7. The van der Waals surface area contributed by atoms with Crippen LogP contribution in [0.3, 0.4) is 0 Å². The van der Waals surface area contributed by atoms with Crippen LogP contribution in [0.15, 0.2) is 54.6 Å². The largest absolute Gasteiger partial charge is 0.368 e. The van der Waals surface area contributed by atoms with E-state index in [0.29, 0.717) is 13.1 Å². The van der Waals surface area contributed by atoms with Crippen molar-refractivity contribution >= 4 is 11.6 Å². The maximum Gasteiger partial charge on any atom is 0.252 e. The Balaban J connectivity index is 1.49. The molecule has 0 aliphatic carbocycles. The van der Waals surface area contributed by atoms with E-state index in [-0.39, 0.29) is 30.4 Å². The molecule has 0 unspecified atom stereocenters. The second-order valence-electron chi connectivity index (χ2n) is 7.06. The Bertz CT molecular complexity index is 768. The van der Waals surface area contributed by atoms with Crippen molar-refractivity contribution in [3.8, 4) is 0 Å². The van der Waals surface area contributed by atoms with Gasteiger partial charge in [0.15, 0.2) is 0 Å². The molecule has 0 radical (unpaired) electrons. The highest BCUT2D eigenvalue weighted by molar-refractivity contribution is 5.94. The molecule has 2 aliphatic heterocycles. The number of carbonyl (C=O) groups excluding carboxylic acids is 1. The smallest absolute Gasteiger partial charge is 0.252 e. The highest BCUT2D eigenvalue weighted by Gasteiger charge is 2.36. The van der Waals surface area contributed by atoms with E-state index in [1.54, 1.807) is 6.07 Å². The fraction of sp³-hybridized carbons (Fsp3) is 0.381. The molecule has 4 rings (SSSR count). The Morgan fingerprint density at radius 1 is 1.04 bits per heavy atom. The van der Waals surface area contributed by atoms with Gasteiger partial charge in [-0.15, -0.1) is 0 Å². The Kier molecular flexibility index (Phi) is 5.00. The number of anilines is 1. The fourth-order valence-corrected chi connectivity index (χ4v) is 3.94. The van der Waals surface area contributed by atoms with Gasteiger partial charge in [0.2, 0.25) is 0 Å². The van der Waals surface area contributed by atoms with Crippen molar-refractivity contribution in [2.24, 2.45) is 5.92 Å². The molecule has 5 heteroatoms. The van der Waals surface area contributed by atoms with Gasteiger partial charge in [-0.2, -0.15) is 0 Å². The number of rotatable bonds is 3. The van der Waals surface area contributed by atoms with Crippen molar-refractivity contribution in [2.45, 2.75) is 19.1 Å². The average molecular weight is 354 g/mol. The van der Waals surface area contributed by atoms with Gasteiger partial charge in [-0.05, 0) is 24.6 Å². The summed E-state index contributed by atoms with van der Waals surface area (Å²) in [5.74, 6) is 0.0706. The van der Waals surface area contributed by atoms with Gasteiger partial charge in [-0.1, -0.05) is 36.4 Å². The quantitative estimate of drug-likeness (QED) is 0.849. The second kappa shape index (κ2) is 7.56. The number of amides is 1. The number of benzene rings is 2. The SMILES string of the molecule is O=C1CO[C@H]2CCN(Cc3ccccc3F)C[C@@H]2CN1c1ccccc1. The zero-order valence-electron chi connectivity index (χ0n) is 14.7. The number of halogens is 1. The van der Waals surface area contributed by atoms with Gasteiger partial charge in [0.05, 0.1) is 6.10 Å². The average Bonchev–Trinajstić information content (AvgIpc) is 2.83. The zero-order valence-corrected chi connectivity index (χ0v) is 14.7. The third-order valence-corrected chi connectivity index (χ3v) is 5.31. The first-order valence-corrected chi connectivity index (χ1v) is 9.13. The maximum atomic E-state index is 14.0. The van der Waals surface area contributed by atoms with Crippen molar-refractivity contribution in [2.75, 3.05) is 31.1 Å². The third-order valence-electron chi connectivity index (χ3n) is 5.31. The summed E-state index contributed by atoms with van der Waals surface area (Å²) in [6.45, 7) is 3.02. The number of carbonyl (C=O) groups is 1. The van der Waals surface area contributed by atoms with E-state index in [2.05, 4.69) is 4.90 Å². The molecular weight excluding hydrogens is 331 g/mol. The van der Waals surface area contributed by atoms with E-state index in [1.807, 2.05) is 47.4 Å². The first kappa shape index (κ1) is 17.2. The van der Waals surface area contributed by atoms with Gasteiger partial charge in [-0.25, -0.2) is 4.39 Å². The van der Waals surface area contributed by atoms with Gasteiger partial charge in [0, 0.05) is 43.3 Å². The molecular formula is C21H23FN2O2. The third kappa shape index (κ3) is 3.64. The van der Waals surface area contributed by atoms with Gasteiger partial charge >= 0.3 is 0 Å². The molecule has 0 N–H and O–H groups in total. The van der Waals surface area contributed by atoms with Crippen LogP contribution in [0.4, 0.5) is 10.1 Å². The molecule has 2 saturated heterocycles. The van der Waals surface area contributed by atoms with Gasteiger partial charge < -0.3 is 9.64 Å². The van der Waals surface area contributed by atoms with E-state index >= 15 is 0 Å². The molecule has 26 heavy (non-hydrogen) atoms. The predicted octanol–water partition coefficient (Wildman–Crippen LogP) is 3.08. The molecule has 2 aromatic carbocycles. The van der Waals surface area contributed by atoms with Crippen molar-refractivity contribution < 1.29 is 13.9 Å². The lowest BCUT2D eigenvalue weighted by molar-refractivity contribution is -0.124. The van der Waals surface area contributed by atoms with Crippen LogP contribution >= 0.6 is 0 Å². The lowest BCUT2D eigenvalue weighted by Gasteiger charge is -2.38. The lowest BCUT2D eigenvalue weighted by Crippen LogP contribution is -2.47. The monoisotopic (exact) mass is 354 g/mol. The molecule has 2 atom stereocenters. The van der Waals surface area contributed by atoms with Crippen LogP contribution in [0.5, 0.6) is 0 Å². The maximum absolute atomic E-state index is 14.0.